The van der Waals surface area contributed by atoms with Crippen molar-refractivity contribution in [2.24, 2.45) is 0 Å². The van der Waals surface area contributed by atoms with Crippen LogP contribution in [-0.2, 0) is 10.2 Å². The number of nitrogens with zero attached hydrogens (tertiary/aromatic N) is 1. The Hall–Kier alpha value is -1.08. The number of carbonyl (C=O) groups is 1. The Balaban J connectivity index is 1.86. The van der Waals surface area contributed by atoms with Crippen LogP contribution in [0, 0.1) is 0 Å². The summed E-state index contributed by atoms with van der Waals surface area (Å²) in [6.45, 7) is 10.8. The van der Waals surface area contributed by atoms with Crippen LogP contribution in [0.3, 0.4) is 0 Å². The second kappa shape index (κ2) is 7.31. The number of hydrogen-bond donors (Lipinski definition) is 1. The minimum atomic E-state index is -2.08. The number of nitrogens with one attached hydrogen (secondary N) is 1. The van der Waals surface area contributed by atoms with Gasteiger partial charge in [-0.1, -0.05) is 61.6 Å². The number of ether oxygens (including phenoxy) is 3. The molecule has 0 unspecified atom stereocenters. The molecule has 28 heavy (non-hydrogen) atoms. The van der Waals surface area contributed by atoms with Crippen LogP contribution in [0.15, 0.2) is 18.2 Å². The molecular weight excluding hydrogens is 427 g/mol. The zero-order chi connectivity index (χ0) is 20.9. The van der Waals surface area contributed by atoms with Gasteiger partial charge in [-0.05, 0) is 37.0 Å². The summed E-state index contributed by atoms with van der Waals surface area (Å²) >= 11 is 18.5. The molecule has 2 heterocycles. The first-order valence-electron chi connectivity index (χ1n) is 9.12. The quantitative estimate of drug-likeness (QED) is 0.634. The summed E-state index contributed by atoms with van der Waals surface area (Å²) in [5.41, 5.74) is 0.921. The summed E-state index contributed by atoms with van der Waals surface area (Å²) in [6.07, 6.45) is -0.203. The van der Waals surface area contributed by atoms with Gasteiger partial charge >= 0.3 is 11.9 Å². The molecule has 1 N–H and O–H groups in total. The first kappa shape index (κ1) is 21.6. The molecule has 156 valence electrons. The van der Waals surface area contributed by atoms with E-state index in [9.17, 15) is 4.79 Å². The Morgan fingerprint density at radius 2 is 1.68 bits per heavy atom. The van der Waals surface area contributed by atoms with Crippen LogP contribution in [0.5, 0.6) is 11.5 Å². The van der Waals surface area contributed by atoms with Crippen molar-refractivity contribution >= 4 is 40.8 Å². The first-order chi connectivity index (χ1) is 12.8. The summed E-state index contributed by atoms with van der Waals surface area (Å²) in [4.78, 5) is 14.5. The SMILES string of the molecule is C[C@@H]1CN(C(=O)N[C@]2(C(Cl)(Cl)Cl)Oc3ccc(C(C)(C)C)cc3O2)C[C@@H](C)O1. The average Bonchev–Trinajstić information content (AvgIpc) is 2.91. The van der Waals surface area contributed by atoms with E-state index in [2.05, 4.69) is 26.1 Å². The molecule has 2 aliphatic heterocycles. The Bertz CT molecular complexity index is 753. The van der Waals surface area contributed by atoms with E-state index in [1.54, 1.807) is 11.0 Å². The van der Waals surface area contributed by atoms with E-state index in [1.165, 1.54) is 0 Å². The van der Waals surface area contributed by atoms with Crippen molar-refractivity contribution in [3.8, 4) is 11.5 Å². The second-order valence-corrected chi connectivity index (χ2v) is 10.6. The lowest BCUT2D eigenvalue weighted by atomic mass is 9.87. The van der Waals surface area contributed by atoms with Gasteiger partial charge in [0.1, 0.15) is 0 Å². The minimum Gasteiger partial charge on any atom is -0.428 e. The highest BCUT2D eigenvalue weighted by Gasteiger charge is 2.60. The van der Waals surface area contributed by atoms with Gasteiger partial charge in [-0.25, -0.2) is 4.79 Å². The standard InChI is InChI=1S/C19H25Cl3N2O4/c1-11-9-24(10-12(2)26-11)16(25)23-19(18(20,21)22)27-14-7-6-13(17(3,4)5)8-15(14)28-19/h6-8,11-12H,9-10H2,1-5H3,(H,23,25)/t11-,12-,19-/m1/s1. The van der Waals surface area contributed by atoms with E-state index < -0.39 is 15.7 Å². The molecule has 0 radical (unpaired) electrons. The number of urea groups is 1. The lowest BCUT2D eigenvalue weighted by Crippen LogP contribution is -2.66. The van der Waals surface area contributed by atoms with Gasteiger partial charge in [0.05, 0.1) is 12.2 Å². The zero-order valence-corrected chi connectivity index (χ0v) is 18.8. The third-order valence-electron chi connectivity index (χ3n) is 4.67. The molecule has 2 aliphatic rings. The van der Waals surface area contributed by atoms with Crippen LogP contribution in [0.4, 0.5) is 4.79 Å². The van der Waals surface area contributed by atoms with Crippen molar-refractivity contribution in [3.05, 3.63) is 23.8 Å². The molecule has 2 amide bonds. The predicted molar refractivity (Wildman–Crippen MR) is 110 cm³/mol. The van der Waals surface area contributed by atoms with E-state index in [1.807, 2.05) is 26.0 Å². The Morgan fingerprint density at radius 1 is 1.11 bits per heavy atom. The highest BCUT2D eigenvalue weighted by atomic mass is 35.6. The average molecular weight is 452 g/mol. The van der Waals surface area contributed by atoms with Crippen LogP contribution in [0.2, 0.25) is 0 Å². The lowest BCUT2D eigenvalue weighted by Gasteiger charge is -2.39. The van der Waals surface area contributed by atoms with Gasteiger partial charge in [0, 0.05) is 13.1 Å². The monoisotopic (exact) mass is 450 g/mol. The molecule has 0 spiro atoms. The van der Waals surface area contributed by atoms with Gasteiger partial charge in [-0.15, -0.1) is 0 Å². The number of rotatable bonds is 1. The molecule has 1 aromatic rings. The number of fused-ring (bicyclic) bond motifs is 1. The fourth-order valence-electron chi connectivity index (χ4n) is 3.27. The Morgan fingerprint density at radius 3 is 2.21 bits per heavy atom. The number of halogens is 3. The van der Waals surface area contributed by atoms with Gasteiger partial charge in [0.15, 0.2) is 11.5 Å². The first-order valence-corrected chi connectivity index (χ1v) is 10.3. The maximum absolute atomic E-state index is 12.9. The molecular formula is C19H25Cl3N2O4. The van der Waals surface area contributed by atoms with Crippen LogP contribution in [0.1, 0.15) is 40.2 Å². The second-order valence-electron chi connectivity index (χ2n) is 8.32. The summed E-state index contributed by atoms with van der Waals surface area (Å²) in [5.74, 6) is -1.18. The smallest absolute Gasteiger partial charge is 0.389 e. The van der Waals surface area contributed by atoms with E-state index >= 15 is 0 Å². The number of benzene rings is 1. The predicted octanol–water partition coefficient (Wildman–Crippen LogP) is 4.60. The lowest BCUT2D eigenvalue weighted by molar-refractivity contribution is -0.102. The Kier molecular flexibility index (Phi) is 5.65. The number of amides is 2. The summed E-state index contributed by atoms with van der Waals surface area (Å²) < 4.78 is 15.3. The van der Waals surface area contributed by atoms with Gasteiger partial charge in [-0.2, -0.15) is 0 Å². The van der Waals surface area contributed by atoms with Crippen LogP contribution < -0.4 is 14.8 Å². The van der Waals surface area contributed by atoms with Crippen LogP contribution in [0.25, 0.3) is 0 Å². The van der Waals surface area contributed by atoms with Crippen molar-refractivity contribution in [3.63, 3.8) is 0 Å². The third kappa shape index (κ3) is 4.25. The van der Waals surface area contributed by atoms with Gasteiger partial charge in [0.2, 0.25) is 0 Å². The molecule has 0 aromatic heterocycles. The van der Waals surface area contributed by atoms with Crippen LogP contribution >= 0.6 is 34.8 Å². The fourth-order valence-corrected chi connectivity index (χ4v) is 3.64. The molecule has 9 heteroatoms. The molecule has 1 aromatic carbocycles. The number of alkyl halides is 3. The van der Waals surface area contributed by atoms with Gasteiger partial charge in [0.25, 0.3) is 3.79 Å². The van der Waals surface area contributed by atoms with Gasteiger partial charge < -0.3 is 19.1 Å². The normalized spacial score (nSPS) is 27.6. The minimum absolute atomic E-state index is 0.102. The largest absolute Gasteiger partial charge is 0.428 e. The number of hydrogen-bond acceptors (Lipinski definition) is 4. The molecule has 6 nitrogen and oxygen atoms in total. The van der Waals surface area contributed by atoms with Crippen LogP contribution in [-0.4, -0.2) is 45.9 Å². The maximum atomic E-state index is 12.9. The molecule has 0 saturated carbocycles. The van der Waals surface area contributed by atoms with Crippen molar-refractivity contribution in [2.45, 2.75) is 61.9 Å². The summed E-state index contributed by atoms with van der Waals surface area (Å²) in [5, 5.41) is 2.64. The number of morpholine rings is 1. The topological polar surface area (TPSA) is 60.0 Å². The third-order valence-corrected chi connectivity index (χ3v) is 5.42. The highest BCUT2D eigenvalue weighted by molar-refractivity contribution is 6.68. The van der Waals surface area contributed by atoms with E-state index in [4.69, 9.17) is 49.0 Å². The molecule has 0 aliphatic carbocycles. The zero-order valence-electron chi connectivity index (χ0n) is 16.5. The van der Waals surface area contributed by atoms with E-state index in [-0.39, 0.29) is 17.6 Å². The van der Waals surface area contributed by atoms with Crippen molar-refractivity contribution in [1.82, 2.24) is 10.2 Å². The molecule has 0 bridgehead atoms. The van der Waals surface area contributed by atoms with Crippen molar-refractivity contribution in [1.29, 1.82) is 0 Å². The van der Waals surface area contributed by atoms with Crippen molar-refractivity contribution < 1.29 is 19.0 Å². The fraction of sp³-hybridized carbons (Fsp3) is 0.632. The molecule has 1 fully saturated rings. The molecule has 1 saturated heterocycles. The van der Waals surface area contributed by atoms with E-state index in [0.717, 1.165) is 5.56 Å². The Labute approximate surface area is 180 Å². The number of carbonyl (C=O) groups excluding carboxylic acids is 1. The van der Waals surface area contributed by atoms with E-state index in [0.29, 0.717) is 24.6 Å². The molecule has 3 atom stereocenters. The molecule has 3 rings (SSSR count). The van der Waals surface area contributed by atoms with Crippen molar-refractivity contribution in [2.75, 3.05) is 13.1 Å². The summed E-state index contributed by atoms with van der Waals surface area (Å²) in [7, 11) is 0. The summed E-state index contributed by atoms with van der Waals surface area (Å²) in [6, 6.07) is 5.04. The maximum Gasteiger partial charge on any atom is 0.389 e. The highest BCUT2D eigenvalue weighted by Crippen LogP contribution is 2.49. The van der Waals surface area contributed by atoms with Gasteiger partial charge in [-0.3, -0.25) is 5.32 Å².